The van der Waals surface area contributed by atoms with Gasteiger partial charge in [-0.05, 0) is 29.9 Å². The largest absolute Gasteiger partial charge is 0.357 e. The lowest BCUT2D eigenvalue weighted by Gasteiger charge is -2.10. The van der Waals surface area contributed by atoms with E-state index < -0.39 is 0 Å². The van der Waals surface area contributed by atoms with Gasteiger partial charge in [0, 0.05) is 13.6 Å². The SMILES string of the molecule is CNc1nc(Cl)nc(NCC2(C)CC2)n1. The molecule has 0 bridgehead atoms. The number of hydrogen-bond acceptors (Lipinski definition) is 5. The normalized spacial score (nSPS) is 17.3. The van der Waals surface area contributed by atoms with E-state index in [9.17, 15) is 0 Å². The Hall–Kier alpha value is -1.10. The molecule has 2 N–H and O–H groups in total. The summed E-state index contributed by atoms with van der Waals surface area (Å²) in [5, 5.41) is 6.22. The van der Waals surface area contributed by atoms with Crippen molar-refractivity contribution in [1.29, 1.82) is 0 Å². The summed E-state index contributed by atoms with van der Waals surface area (Å²) in [7, 11) is 1.75. The fraction of sp³-hybridized carbons (Fsp3) is 0.667. The van der Waals surface area contributed by atoms with Gasteiger partial charge in [0.2, 0.25) is 17.2 Å². The number of rotatable bonds is 4. The van der Waals surface area contributed by atoms with Crippen molar-refractivity contribution >= 4 is 23.5 Å². The predicted molar refractivity (Wildman–Crippen MR) is 60.2 cm³/mol. The van der Waals surface area contributed by atoms with E-state index in [1.807, 2.05) is 0 Å². The van der Waals surface area contributed by atoms with Gasteiger partial charge in [-0.25, -0.2) is 0 Å². The van der Waals surface area contributed by atoms with Gasteiger partial charge >= 0.3 is 0 Å². The van der Waals surface area contributed by atoms with Crippen molar-refractivity contribution in [3.8, 4) is 0 Å². The van der Waals surface area contributed by atoms with Crippen molar-refractivity contribution in [3.63, 3.8) is 0 Å². The lowest BCUT2D eigenvalue weighted by Crippen LogP contribution is -2.14. The molecule has 1 aromatic heterocycles. The van der Waals surface area contributed by atoms with E-state index in [-0.39, 0.29) is 5.28 Å². The van der Waals surface area contributed by atoms with E-state index in [2.05, 4.69) is 32.5 Å². The summed E-state index contributed by atoms with van der Waals surface area (Å²) in [5.74, 6) is 1.02. The zero-order valence-corrected chi connectivity index (χ0v) is 9.60. The van der Waals surface area contributed by atoms with E-state index in [1.54, 1.807) is 7.05 Å². The lowest BCUT2D eigenvalue weighted by atomic mass is 10.1. The van der Waals surface area contributed by atoms with E-state index in [0.29, 0.717) is 17.3 Å². The molecule has 1 fully saturated rings. The van der Waals surface area contributed by atoms with Gasteiger partial charge in [-0.2, -0.15) is 15.0 Å². The van der Waals surface area contributed by atoms with Crippen LogP contribution in [0.25, 0.3) is 0 Å². The Morgan fingerprint density at radius 3 is 2.53 bits per heavy atom. The predicted octanol–water partition coefficient (Wildman–Crippen LogP) is 1.78. The number of halogens is 1. The van der Waals surface area contributed by atoms with Gasteiger partial charge in [-0.15, -0.1) is 0 Å². The summed E-state index contributed by atoms with van der Waals surface area (Å²) in [4.78, 5) is 12.1. The van der Waals surface area contributed by atoms with Gasteiger partial charge in [0.15, 0.2) is 0 Å². The van der Waals surface area contributed by atoms with Crippen LogP contribution in [0.2, 0.25) is 5.28 Å². The quantitative estimate of drug-likeness (QED) is 0.821. The number of hydrogen-bond donors (Lipinski definition) is 2. The third kappa shape index (κ3) is 2.68. The summed E-state index contributed by atoms with van der Waals surface area (Å²) in [6, 6.07) is 0. The van der Waals surface area contributed by atoms with Crippen LogP contribution in [0.4, 0.5) is 11.9 Å². The molecule has 0 atom stereocenters. The fourth-order valence-electron chi connectivity index (χ4n) is 1.22. The number of anilines is 2. The molecule has 0 unspecified atom stereocenters. The Bertz CT molecular complexity index is 364. The summed E-state index contributed by atoms with van der Waals surface area (Å²) < 4.78 is 0. The minimum absolute atomic E-state index is 0.206. The fourth-order valence-corrected chi connectivity index (χ4v) is 1.38. The molecule has 0 radical (unpaired) electrons. The molecule has 0 aromatic carbocycles. The molecule has 0 aliphatic heterocycles. The van der Waals surface area contributed by atoms with Gasteiger partial charge in [-0.1, -0.05) is 6.92 Å². The van der Waals surface area contributed by atoms with Crippen molar-refractivity contribution in [2.45, 2.75) is 19.8 Å². The van der Waals surface area contributed by atoms with Crippen molar-refractivity contribution in [3.05, 3.63) is 5.28 Å². The Morgan fingerprint density at radius 1 is 1.27 bits per heavy atom. The van der Waals surface area contributed by atoms with Crippen LogP contribution in [0.5, 0.6) is 0 Å². The maximum absolute atomic E-state index is 5.75. The summed E-state index contributed by atoms with van der Waals surface area (Å²) in [5.41, 5.74) is 0.416. The second-order valence-corrected chi connectivity index (χ2v) is 4.50. The van der Waals surface area contributed by atoms with Gasteiger partial charge < -0.3 is 10.6 Å². The minimum atomic E-state index is 0.206. The second-order valence-electron chi connectivity index (χ2n) is 4.17. The van der Waals surface area contributed by atoms with E-state index >= 15 is 0 Å². The average molecular weight is 228 g/mol. The Balaban J connectivity index is 2.03. The molecule has 0 saturated heterocycles. The molecule has 0 spiro atoms. The standard InChI is InChI=1S/C9H14ClN5/c1-9(3-4-9)5-12-8-14-6(10)13-7(11-2)15-8/h3-5H2,1-2H3,(H2,11,12,13,14,15). The second kappa shape index (κ2) is 3.81. The molecule has 1 aliphatic rings. The van der Waals surface area contributed by atoms with Gasteiger partial charge in [0.25, 0.3) is 0 Å². The number of nitrogens with one attached hydrogen (secondary N) is 2. The first-order valence-electron chi connectivity index (χ1n) is 4.94. The third-order valence-corrected chi connectivity index (χ3v) is 2.78. The zero-order valence-electron chi connectivity index (χ0n) is 8.84. The van der Waals surface area contributed by atoms with Crippen molar-refractivity contribution in [2.75, 3.05) is 24.2 Å². The summed E-state index contributed by atoms with van der Waals surface area (Å²) in [6.07, 6.45) is 2.52. The highest BCUT2D eigenvalue weighted by molar-refractivity contribution is 6.28. The van der Waals surface area contributed by atoms with Crippen LogP contribution in [0.3, 0.4) is 0 Å². The van der Waals surface area contributed by atoms with Crippen LogP contribution in [-0.2, 0) is 0 Å². The maximum atomic E-state index is 5.75. The summed E-state index contributed by atoms with van der Waals surface area (Å²) in [6.45, 7) is 3.12. The molecule has 1 aliphatic carbocycles. The average Bonchev–Trinajstić information content (AvgIpc) is 2.94. The van der Waals surface area contributed by atoms with E-state index in [0.717, 1.165) is 6.54 Å². The van der Waals surface area contributed by atoms with Crippen LogP contribution in [0.1, 0.15) is 19.8 Å². The Labute approximate surface area is 93.7 Å². The van der Waals surface area contributed by atoms with Crippen molar-refractivity contribution in [1.82, 2.24) is 15.0 Å². The molecule has 2 rings (SSSR count). The smallest absolute Gasteiger partial charge is 0.228 e. The molecule has 0 amide bonds. The van der Waals surface area contributed by atoms with Crippen molar-refractivity contribution in [2.24, 2.45) is 5.41 Å². The lowest BCUT2D eigenvalue weighted by molar-refractivity contribution is 0.607. The third-order valence-electron chi connectivity index (χ3n) is 2.61. The van der Waals surface area contributed by atoms with E-state index in [4.69, 9.17) is 11.6 Å². The monoisotopic (exact) mass is 227 g/mol. The molecule has 15 heavy (non-hydrogen) atoms. The molecule has 82 valence electrons. The Kier molecular flexibility index (Phi) is 2.65. The van der Waals surface area contributed by atoms with Crippen molar-refractivity contribution < 1.29 is 0 Å². The maximum Gasteiger partial charge on any atom is 0.228 e. The number of nitrogens with zero attached hydrogens (tertiary/aromatic N) is 3. The van der Waals surface area contributed by atoms with Crippen LogP contribution >= 0.6 is 11.6 Å². The van der Waals surface area contributed by atoms with Crippen LogP contribution < -0.4 is 10.6 Å². The zero-order chi connectivity index (χ0) is 10.9. The van der Waals surface area contributed by atoms with Gasteiger partial charge in [0.1, 0.15) is 0 Å². The van der Waals surface area contributed by atoms with E-state index in [1.165, 1.54) is 12.8 Å². The first-order valence-corrected chi connectivity index (χ1v) is 5.32. The molecule has 6 heteroatoms. The number of aromatic nitrogens is 3. The Morgan fingerprint density at radius 2 is 1.93 bits per heavy atom. The van der Waals surface area contributed by atoms with Crippen LogP contribution in [-0.4, -0.2) is 28.5 Å². The molecule has 5 nitrogen and oxygen atoms in total. The minimum Gasteiger partial charge on any atom is -0.357 e. The van der Waals surface area contributed by atoms with Crippen LogP contribution in [0, 0.1) is 5.41 Å². The highest BCUT2D eigenvalue weighted by Gasteiger charge is 2.36. The summed E-state index contributed by atoms with van der Waals surface area (Å²) >= 11 is 5.75. The molecular formula is C9H14ClN5. The highest BCUT2D eigenvalue weighted by atomic mass is 35.5. The van der Waals surface area contributed by atoms with Gasteiger partial charge in [-0.3, -0.25) is 0 Å². The van der Waals surface area contributed by atoms with Gasteiger partial charge in [0.05, 0.1) is 0 Å². The molecular weight excluding hydrogens is 214 g/mol. The van der Waals surface area contributed by atoms with Crippen LogP contribution in [0.15, 0.2) is 0 Å². The molecule has 1 saturated carbocycles. The first kappa shape index (κ1) is 10.4. The first-order chi connectivity index (χ1) is 7.11. The highest BCUT2D eigenvalue weighted by Crippen LogP contribution is 2.44. The topological polar surface area (TPSA) is 62.7 Å². The molecule has 1 aromatic rings. The molecule has 1 heterocycles.